The van der Waals surface area contributed by atoms with E-state index in [1.807, 2.05) is 13.8 Å². The molecular weight excluding hydrogens is 128 g/mol. The van der Waals surface area contributed by atoms with Crippen molar-refractivity contribution in [2.45, 2.75) is 38.7 Å². The standard InChI is InChI=1S/C8H14O2/c1-3-4-8(10)6(2)5-7(8)9/h6,10H,3-5H2,1-2H3. The summed E-state index contributed by atoms with van der Waals surface area (Å²) in [7, 11) is 0. The lowest BCUT2D eigenvalue weighted by molar-refractivity contribution is -0.162. The van der Waals surface area contributed by atoms with E-state index in [0.29, 0.717) is 12.8 Å². The molecular formula is C8H14O2. The highest BCUT2D eigenvalue weighted by Gasteiger charge is 2.49. The van der Waals surface area contributed by atoms with Crippen LogP contribution in [0.25, 0.3) is 0 Å². The molecule has 58 valence electrons. The first kappa shape index (κ1) is 7.73. The lowest BCUT2D eigenvalue weighted by Gasteiger charge is -2.41. The lowest BCUT2D eigenvalue weighted by atomic mass is 9.67. The third-order valence-electron chi connectivity index (χ3n) is 2.42. The molecule has 1 fully saturated rings. The molecule has 0 amide bonds. The molecule has 0 saturated heterocycles. The van der Waals surface area contributed by atoms with Crippen molar-refractivity contribution >= 4 is 5.78 Å². The predicted molar refractivity (Wildman–Crippen MR) is 38.6 cm³/mol. The van der Waals surface area contributed by atoms with Gasteiger partial charge in [-0.3, -0.25) is 4.79 Å². The molecule has 2 unspecified atom stereocenters. The van der Waals surface area contributed by atoms with Crippen LogP contribution in [0.4, 0.5) is 0 Å². The average Bonchev–Trinajstić information content (AvgIpc) is 1.89. The van der Waals surface area contributed by atoms with E-state index in [-0.39, 0.29) is 11.7 Å². The Hall–Kier alpha value is -0.370. The summed E-state index contributed by atoms with van der Waals surface area (Å²) >= 11 is 0. The van der Waals surface area contributed by atoms with Gasteiger partial charge < -0.3 is 5.11 Å². The average molecular weight is 142 g/mol. The van der Waals surface area contributed by atoms with Crippen LogP contribution in [0, 0.1) is 5.92 Å². The van der Waals surface area contributed by atoms with Crippen LogP contribution in [0.1, 0.15) is 33.1 Å². The maximum atomic E-state index is 10.9. The Morgan fingerprint density at radius 2 is 2.40 bits per heavy atom. The Kier molecular flexibility index (Phi) is 1.82. The minimum absolute atomic E-state index is 0.0295. The molecule has 0 aromatic carbocycles. The summed E-state index contributed by atoms with van der Waals surface area (Å²) in [6, 6.07) is 0. The van der Waals surface area contributed by atoms with Gasteiger partial charge in [0.05, 0.1) is 0 Å². The summed E-state index contributed by atoms with van der Waals surface area (Å²) in [4.78, 5) is 10.9. The van der Waals surface area contributed by atoms with Crippen LogP contribution in [-0.4, -0.2) is 16.5 Å². The summed E-state index contributed by atoms with van der Waals surface area (Å²) in [5, 5.41) is 9.60. The molecule has 0 spiro atoms. The second-order valence-corrected chi connectivity index (χ2v) is 3.20. The molecule has 0 heterocycles. The van der Waals surface area contributed by atoms with Crippen LogP contribution < -0.4 is 0 Å². The Morgan fingerprint density at radius 3 is 2.60 bits per heavy atom. The molecule has 0 aromatic heterocycles. The molecule has 0 aromatic rings. The van der Waals surface area contributed by atoms with Gasteiger partial charge in [-0.05, 0) is 12.3 Å². The Labute approximate surface area is 61.2 Å². The van der Waals surface area contributed by atoms with Crippen LogP contribution in [0.3, 0.4) is 0 Å². The number of rotatable bonds is 2. The van der Waals surface area contributed by atoms with Crippen LogP contribution in [-0.2, 0) is 4.79 Å². The van der Waals surface area contributed by atoms with Gasteiger partial charge in [-0.2, -0.15) is 0 Å². The summed E-state index contributed by atoms with van der Waals surface area (Å²) in [5.41, 5.74) is -0.950. The van der Waals surface area contributed by atoms with Crippen molar-refractivity contribution in [3.63, 3.8) is 0 Å². The van der Waals surface area contributed by atoms with Gasteiger partial charge >= 0.3 is 0 Å². The van der Waals surface area contributed by atoms with Crippen molar-refractivity contribution in [1.29, 1.82) is 0 Å². The molecule has 1 N–H and O–H groups in total. The second-order valence-electron chi connectivity index (χ2n) is 3.20. The van der Waals surface area contributed by atoms with Crippen LogP contribution in [0.5, 0.6) is 0 Å². The first-order chi connectivity index (χ1) is 4.61. The fraction of sp³-hybridized carbons (Fsp3) is 0.875. The fourth-order valence-electron chi connectivity index (χ4n) is 1.53. The largest absolute Gasteiger partial charge is 0.382 e. The Morgan fingerprint density at radius 1 is 1.80 bits per heavy atom. The lowest BCUT2D eigenvalue weighted by Crippen LogP contribution is -2.55. The molecule has 0 bridgehead atoms. The second kappa shape index (κ2) is 2.35. The van der Waals surface area contributed by atoms with E-state index in [1.54, 1.807) is 0 Å². The third-order valence-corrected chi connectivity index (χ3v) is 2.42. The Bertz CT molecular complexity index is 153. The van der Waals surface area contributed by atoms with Gasteiger partial charge in [-0.15, -0.1) is 0 Å². The molecule has 0 aliphatic heterocycles. The highest BCUT2D eigenvalue weighted by atomic mass is 16.3. The van der Waals surface area contributed by atoms with E-state index in [1.165, 1.54) is 0 Å². The molecule has 1 saturated carbocycles. The zero-order valence-electron chi connectivity index (χ0n) is 6.55. The van der Waals surface area contributed by atoms with E-state index < -0.39 is 5.60 Å². The number of hydrogen-bond acceptors (Lipinski definition) is 2. The molecule has 2 heteroatoms. The third kappa shape index (κ3) is 0.870. The molecule has 2 atom stereocenters. The highest BCUT2D eigenvalue weighted by Crippen LogP contribution is 2.37. The summed E-state index contributed by atoms with van der Waals surface area (Å²) < 4.78 is 0. The van der Waals surface area contributed by atoms with Gasteiger partial charge in [-0.25, -0.2) is 0 Å². The first-order valence-corrected chi connectivity index (χ1v) is 3.87. The topological polar surface area (TPSA) is 37.3 Å². The Balaban J connectivity index is 2.57. The van der Waals surface area contributed by atoms with Crippen LogP contribution >= 0.6 is 0 Å². The number of aliphatic hydroxyl groups is 1. The zero-order chi connectivity index (χ0) is 7.78. The minimum atomic E-state index is -0.950. The minimum Gasteiger partial charge on any atom is -0.382 e. The number of carbonyl (C=O) groups excluding carboxylic acids is 1. The van der Waals surface area contributed by atoms with Gasteiger partial charge in [0.15, 0.2) is 5.78 Å². The molecule has 1 aliphatic rings. The van der Waals surface area contributed by atoms with Crippen molar-refractivity contribution in [2.75, 3.05) is 0 Å². The van der Waals surface area contributed by atoms with Gasteiger partial charge in [0.2, 0.25) is 0 Å². The molecule has 2 nitrogen and oxygen atoms in total. The van der Waals surface area contributed by atoms with E-state index in [0.717, 1.165) is 6.42 Å². The molecule has 1 rings (SSSR count). The SMILES string of the molecule is CCCC1(O)C(=O)CC1C. The van der Waals surface area contributed by atoms with Crippen LogP contribution in [0.15, 0.2) is 0 Å². The fourth-order valence-corrected chi connectivity index (χ4v) is 1.53. The summed E-state index contributed by atoms with van der Waals surface area (Å²) in [6.45, 7) is 3.91. The predicted octanol–water partition coefficient (Wildman–Crippen LogP) is 1.13. The van der Waals surface area contributed by atoms with Crippen molar-refractivity contribution in [2.24, 2.45) is 5.92 Å². The number of carbonyl (C=O) groups is 1. The molecule has 1 aliphatic carbocycles. The maximum Gasteiger partial charge on any atom is 0.165 e. The molecule has 0 radical (unpaired) electrons. The van der Waals surface area contributed by atoms with Gasteiger partial charge in [0.25, 0.3) is 0 Å². The van der Waals surface area contributed by atoms with Crippen molar-refractivity contribution in [1.82, 2.24) is 0 Å². The first-order valence-electron chi connectivity index (χ1n) is 3.87. The quantitative estimate of drug-likeness (QED) is 0.627. The van der Waals surface area contributed by atoms with Gasteiger partial charge in [0.1, 0.15) is 5.60 Å². The number of ketones is 1. The summed E-state index contributed by atoms with van der Waals surface area (Å²) in [6.07, 6.45) is 2.08. The molecule has 10 heavy (non-hydrogen) atoms. The van der Waals surface area contributed by atoms with Gasteiger partial charge in [0, 0.05) is 6.42 Å². The zero-order valence-corrected chi connectivity index (χ0v) is 6.55. The van der Waals surface area contributed by atoms with E-state index in [4.69, 9.17) is 0 Å². The van der Waals surface area contributed by atoms with Crippen molar-refractivity contribution in [3.05, 3.63) is 0 Å². The maximum absolute atomic E-state index is 10.9. The number of hydrogen-bond donors (Lipinski definition) is 1. The van der Waals surface area contributed by atoms with Crippen LogP contribution in [0.2, 0.25) is 0 Å². The van der Waals surface area contributed by atoms with E-state index in [2.05, 4.69) is 0 Å². The highest BCUT2D eigenvalue weighted by molar-refractivity contribution is 5.93. The number of Topliss-reactive ketones (excluding diaryl/α,β-unsaturated/α-hetero) is 1. The van der Waals surface area contributed by atoms with Crippen molar-refractivity contribution < 1.29 is 9.90 Å². The van der Waals surface area contributed by atoms with E-state index in [9.17, 15) is 9.90 Å². The van der Waals surface area contributed by atoms with Gasteiger partial charge in [-0.1, -0.05) is 20.3 Å². The summed E-state index contributed by atoms with van der Waals surface area (Å²) in [5.74, 6) is 0.210. The smallest absolute Gasteiger partial charge is 0.165 e. The normalized spacial score (nSPS) is 39.5. The van der Waals surface area contributed by atoms with Crippen molar-refractivity contribution in [3.8, 4) is 0 Å². The monoisotopic (exact) mass is 142 g/mol. The van der Waals surface area contributed by atoms with E-state index >= 15 is 0 Å².